The van der Waals surface area contributed by atoms with Gasteiger partial charge in [-0.3, -0.25) is 4.79 Å². The van der Waals surface area contributed by atoms with Crippen molar-refractivity contribution in [2.45, 2.75) is 13.0 Å². The molecule has 23 heavy (non-hydrogen) atoms. The number of esters is 1. The quantitative estimate of drug-likeness (QED) is 0.861. The van der Waals surface area contributed by atoms with E-state index in [-0.39, 0.29) is 5.56 Å². The average Bonchev–Trinajstić information content (AvgIpc) is 2.56. The second kappa shape index (κ2) is 7.40. The highest BCUT2D eigenvalue weighted by atomic mass is 19.1. The summed E-state index contributed by atoms with van der Waals surface area (Å²) in [5, 5.41) is 2.54. The van der Waals surface area contributed by atoms with Crippen LogP contribution in [0.3, 0.4) is 0 Å². The zero-order chi connectivity index (χ0) is 16.8. The molecule has 2 aromatic carbocycles. The Hall–Kier alpha value is -2.89. The van der Waals surface area contributed by atoms with Crippen molar-refractivity contribution in [2.24, 2.45) is 0 Å². The van der Waals surface area contributed by atoms with Gasteiger partial charge >= 0.3 is 5.97 Å². The van der Waals surface area contributed by atoms with Gasteiger partial charge < -0.3 is 14.8 Å². The number of hydrogen-bond acceptors (Lipinski definition) is 4. The van der Waals surface area contributed by atoms with Crippen LogP contribution < -0.4 is 10.1 Å². The Bertz CT molecular complexity index is 700. The third-order valence-electron chi connectivity index (χ3n) is 3.07. The van der Waals surface area contributed by atoms with Crippen LogP contribution in [0.5, 0.6) is 5.75 Å². The highest BCUT2D eigenvalue weighted by molar-refractivity contribution is 5.97. The van der Waals surface area contributed by atoms with Crippen molar-refractivity contribution in [3.63, 3.8) is 0 Å². The summed E-state index contributed by atoms with van der Waals surface area (Å²) in [6.07, 6.45) is -1.00. The number of ether oxygens (including phenoxy) is 2. The topological polar surface area (TPSA) is 64.6 Å². The molecule has 5 nitrogen and oxygen atoms in total. The fraction of sp³-hybridized carbons (Fsp3) is 0.176. The maximum absolute atomic E-state index is 12.8. The molecule has 0 radical (unpaired) electrons. The second-order valence-electron chi connectivity index (χ2n) is 4.78. The Labute approximate surface area is 133 Å². The van der Waals surface area contributed by atoms with Gasteiger partial charge in [-0.2, -0.15) is 0 Å². The van der Waals surface area contributed by atoms with Crippen molar-refractivity contribution in [2.75, 3.05) is 12.4 Å². The smallest absolute Gasteiger partial charge is 0.339 e. The number of hydrogen-bond donors (Lipinski definition) is 1. The van der Waals surface area contributed by atoms with Gasteiger partial charge in [0.25, 0.3) is 5.91 Å². The van der Waals surface area contributed by atoms with E-state index in [2.05, 4.69) is 5.32 Å². The van der Waals surface area contributed by atoms with Crippen molar-refractivity contribution in [1.82, 2.24) is 0 Å². The standard InChI is InChI=1S/C17H16FNO4/c1-11(16(20)19-14-8-6-13(18)7-9-14)23-17(21)12-4-3-5-15(10-12)22-2/h3-11H,1-2H3,(H,19,20). The van der Waals surface area contributed by atoms with Crippen LogP contribution in [0, 0.1) is 5.82 Å². The van der Waals surface area contributed by atoms with Gasteiger partial charge in [-0.15, -0.1) is 0 Å². The molecule has 0 saturated heterocycles. The van der Waals surface area contributed by atoms with Crippen LogP contribution in [0.1, 0.15) is 17.3 Å². The van der Waals surface area contributed by atoms with Crippen LogP contribution >= 0.6 is 0 Å². The first-order valence-corrected chi connectivity index (χ1v) is 6.91. The zero-order valence-electron chi connectivity index (χ0n) is 12.7. The maximum Gasteiger partial charge on any atom is 0.339 e. The molecule has 2 aromatic rings. The Morgan fingerprint density at radius 3 is 2.48 bits per heavy atom. The van der Waals surface area contributed by atoms with E-state index in [9.17, 15) is 14.0 Å². The third kappa shape index (κ3) is 4.54. The van der Waals surface area contributed by atoms with Crippen LogP contribution in [-0.4, -0.2) is 25.1 Å². The number of carbonyl (C=O) groups is 2. The van der Waals surface area contributed by atoms with Crippen molar-refractivity contribution >= 4 is 17.6 Å². The number of anilines is 1. The molecule has 1 atom stereocenters. The second-order valence-corrected chi connectivity index (χ2v) is 4.78. The summed E-state index contributed by atoms with van der Waals surface area (Å²) in [7, 11) is 1.49. The molecule has 0 heterocycles. The number of halogens is 1. The predicted molar refractivity (Wildman–Crippen MR) is 82.9 cm³/mol. The number of nitrogens with one attached hydrogen (secondary N) is 1. The van der Waals surface area contributed by atoms with E-state index in [1.54, 1.807) is 18.2 Å². The molecule has 0 aliphatic carbocycles. The van der Waals surface area contributed by atoms with E-state index in [1.807, 2.05) is 0 Å². The largest absolute Gasteiger partial charge is 0.497 e. The van der Waals surface area contributed by atoms with Crippen LogP contribution in [0.4, 0.5) is 10.1 Å². The van der Waals surface area contributed by atoms with Gasteiger partial charge in [0.2, 0.25) is 0 Å². The molecular formula is C17H16FNO4. The Morgan fingerprint density at radius 2 is 1.83 bits per heavy atom. The summed E-state index contributed by atoms with van der Waals surface area (Å²) in [5.74, 6) is -1.03. The van der Waals surface area contributed by atoms with Crippen LogP contribution in [0.25, 0.3) is 0 Å². The SMILES string of the molecule is COc1cccc(C(=O)OC(C)C(=O)Nc2ccc(F)cc2)c1. The lowest BCUT2D eigenvalue weighted by molar-refractivity contribution is -0.123. The number of rotatable bonds is 5. The minimum Gasteiger partial charge on any atom is -0.497 e. The van der Waals surface area contributed by atoms with Gasteiger partial charge in [-0.25, -0.2) is 9.18 Å². The first-order chi connectivity index (χ1) is 11.0. The summed E-state index contributed by atoms with van der Waals surface area (Å²) in [6.45, 7) is 1.46. The molecule has 0 aromatic heterocycles. The van der Waals surface area contributed by atoms with Crippen LogP contribution in [0.2, 0.25) is 0 Å². The molecule has 120 valence electrons. The molecule has 0 spiro atoms. The summed E-state index contributed by atoms with van der Waals surface area (Å²) < 4.78 is 23.0. The Morgan fingerprint density at radius 1 is 1.13 bits per heavy atom. The van der Waals surface area contributed by atoms with Gasteiger partial charge in [-0.1, -0.05) is 6.07 Å². The van der Waals surface area contributed by atoms with Gasteiger partial charge in [0.1, 0.15) is 11.6 Å². The first-order valence-electron chi connectivity index (χ1n) is 6.91. The minimum absolute atomic E-state index is 0.283. The lowest BCUT2D eigenvalue weighted by Gasteiger charge is -2.14. The highest BCUT2D eigenvalue weighted by Crippen LogP contribution is 2.15. The number of amides is 1. The lowest BCUT2D eigenvalue weighted by atomic mass is 10.2. The summed E-state index contributed by atoms with van der Waals surface area (Å²) in [5.41, 5.74) is 0.700. The molecule has 0 aliphatic heterocycles. The summed E-state index contributed by atoms with van der Waals surface area (Å²) in [4.78, 5) is 24.0. The van der Waals surface area contributed by atoms with Crippen molar-refractivity contribution < 1.29 is 23.5 Å². The fourth-order valence-corrected chi connectivity index (χ4v) is 1.81. The van der Waals surface area contributed by atoms with Crippen LogP contribution in [0.15, 0.2) is 48.5 Å². The van der Waals surface area contributed by atoms with E-state index >= 15 is 0 Å². The first kappa shape index (κ1) is 16.5. The van der Waals surface area contributed by atoms with Gasteiger partial charge in [0.05, 0.1) is 12.7 Å². The minimum atomic E-state index is -1.00. The third-order valence-corrected chi connectivity index (χ3v) is 3.07. The van der Waals surface area contributed by atoms with Gasteiger partial charge in [-0.05, 0) is 49.4 Å². The summed E-state index contributed by atoms with van der Waals surface area (Å²) in [6, 6.07) is 11.7. The monoisotopic (exact) mass is 317 g/mol. The molecule has 1 unspecified atom stereocenters. The lowest BCUT2D eigenvalue weighted by Crippen LogP contribution is -2.30. The van der Waals surface area contributed by atoms with Gasteiger partial charge in [0.15, 0.2) is 6.10 Å². The molecule has 2 rings (SSSR count). The van der Waals surface area contributed by atoms with Crippen molar-refractivity contribution in [1.29, 1.82) is 0 Å². The van der Waals surface area contributed by atoms with Crippen LogP contribution in [-0.2, 0) is 9.53 Å². The molecule has 0 fully saturated rings. The number of benzene rings is 2. The maximum atomic E-state index is 12.8. The normalized spacial score (nSPS) is 11.4. The van der Waals surface area contributed by atoms with E-state index < -0.39 is 23.8 Å². The predicted octanol–water partition coefficient (Wildman–Crippen LogP) is 3.02. The van der Waals surface area contributed by atoms with Gasteiger partial charge in [0, 0.05) is 5.69 Å². The highest BCUT2D eigenvalue weighted by Gasteiger charge is 2.19. The van der Waals surface area contributed by atoms with E-state index in [0.29, 0.717) is 11.4 Å². The molecule has 0 bridgehead atoms. The molecule has 6 heteroatoms. The van der Waals surface area contributed by atoms with Crippen molar-refractivity contribution in [3.05, 3.63) is 59.9 Å². The molecular weight excluding hydrogens is 301 g/mol. The van der Waals surface area contributed by atoms with E-state index in [0.717, 1.165) is 0 Å². The Kier molecular flexibility index (Phi) is 5.30. The molecule has 0 aliphatic rings. The van der Waals surface area contributed by atoms with Crippen molar-refractivity contribution in [3.8, 4) is 5.75 Å². The van der Waals surface area contributed by atoms with E-state index in [1.165, 1.54) is 44.4 Å². The summed E-state index contributed by atoms with van der Waals surface area (Å²) >= 11 is 0. The molecule has 0 saturated carbocycles. The number of methoxy groups -OCH3 is 1. The van der Waals surface area contributed by atoms with E-state index in [4.69, 9.17) is 9.47 Å². The number of carbonyl (C=O) groups excluding carboxylic acids is 2. The zero-order valence-corrected chi connectivity index (χ0v) is 12.7. The Balaban J connectivity index is 1.97. The molecule has 1 amide bonds. The molecule has 1 N–H and O–H groups in total. The average molecular weight is 317 g/mol. The fourth-order valence-electron chi connectivity index (χ4n) is 1.81.